The molecule has 0 aromatic rings. The Morgan fingerprint density at radius 2 is 1.82 bits per heavy atom. The van der Waals surface area contributed by atoms with E-state index in [4.69, 9.17) is 5.73 Å². The predicted molar refractivity (Wildman–Crippen MR) is 43.5 cm³/mol. The van der Waals surface area contributed by atoms with Gasteiger partial charge >= 0.3 is 0 Å². The molecule has 2 nitrogen and oxygen atoms in total. The first kappa shape index (κ1) is 11.4. The van der Waals surface area contributed by atoms with Gasteiger partial charge in [0.15, 0.2) is 0 Å². The van der Waals surface area contributed by atoms with Crippen LogP contribution in [0.4, 0.5) is 0 Å². The fourth-order valence-electron chi connectivity index (χ4n) is 1.49. The van der Waals surface area contributed by atoms with E-state index in [1.807, 2.05) is 0 Å². The summed E-state index contributed by atoms with van der Waals surface area (Å²) in [6, 6.07) is 0.541. The Balaban J connectivity index is 0.000001000. The Morgan fingerprint density at radius 3 is 2.27 bits per heavy atom. The second-order valence-electron chi connectivity index (χ2n) is 2.96. The second kappa shape index (κ2) is 6.02. The largest absolute Gasteiger partial charge is 0.483 e. The van der Waals surface area contributed by atoms with Gasteiger partial charge in [-0.1, -0.05) is 37.9 Å². The van der Waals surface area contributed by atoms with Gasteiger partial charge in [-0.05, 0) is 6.04 Å². The van der Waals surface area contributed by atoms with Crippen LogP contribution in [-0.4, -0.2) is 6.04 Å². The van der Waals surface area contributed by atoms with Crippen molar-refractivity contribution in [2.24, 2.45) is 0 Å². The molecule has 0 aromatic heterocycles. The van der Waals surface area contributed by atoms with Crippen molar-refractivity contribution < 1.29 is 32.7 Å². The van der Waals surface area contributed by atoms with E-state index in [2.05, 4.69) is 11.9 Å². The first-order chi connectivity index (χ1) is 4.79. The van der Waals surface area contributed by atoms with Gasteiger partial charge in [-0.2, -0.15) is 0 Å². The third-order valence-corrected chi connectivity index (χ3v) is 1.98. The van der Waals surface area contributed by atoms with Crippen molar-refractivity contribution in [2.75, 3.05) is 0 Å². The maximum Gasteiger partial charge on any atom is 0 e. The molecule has 1 fully saturated rings. The fourth-order valence-corrected chi connectivity index (χ4v) is 1.49. The smallest absolute Gasteiger partial charge is 0 e. The molecule has 1 aliphatic carbocycles. The van der Waals surface area contributed by atoms with E-state index in [-0.39, 0.29) is 32.7 Å². The van der Waals surface area contributed by atoms with E-state index < -0.39 is 0 Å². The van der Waals surface area contributed by atoms with Crippen LogP contribution in [0.1, 0.15) is 32.1 Å². The van der Waals surface area contributed by atoms with Crippen LogP contribution in [0, 0.1) is 0 Å². The minimum Gasteiger partial charge on any atom is -0.483 e. The van der Waals surface area contributed by atoms with E-state index in [1.165, 1.54) is 32.1 Å². The first-order valence-corrected chi connectivity index (χ1v) is 3.96. The SMILES string of the molecule is C=C([NH-])NC1CCCCC1.[Y]. The van der Waals surface area contributed by atoms with Crippen molar-refractivity contribution in [3.63, 3.8) is 0 Å². The van der Waals surface area contributed by atoms with E-state index in [9.17, 15) is 0 Å². The standard InChI is InChI=1S/C8H15N2.Y/c1-7(9)10-8-5-3-2-4-6-8;/h8-10H,1-6H2;/q-1;. The third-order valence-electron chi connectivity index (χ3n) is 1.98. The van der Waals surface area contributed by atoms with Gasteiger partial charge in [0.2, 0.25) is 0 Å². The number of hydrogen-bond acceptors (Lipinski definition) is 1. The van der Waals surface area contributed by atoms with Crippen molar-refractivity contribution >= 4 is 0 Å². The van der Waals surface area contributed by atoms with Gasteiger partial charge in [0.25, 0.3) is 0 Å². The van der Waals surface area contributed by atoms with Gasteiger partial charge in [-0.25, -0.2) is 0 Å². The fraction of sp³-hybridized carbons (Fsp3) is 0.750. The van der Waals surface area contributed by atoms with E-state index in [1.54, 1.807) is 0 Å². The van der Waals surface area contributed by atoms with Gasteiger partial charge in [-0.3, -0.25) is 0 Å². The summed E-state index contributed by atoms with van der Waals surface area (Å²) >= 11 is 0. The zero-order valence-corrected chi connectivity index (χ0v) is 9.74. The topological polar surface area (TPSA) is 35.8 Å². The van der Waals surface area contributed by atoms with Crippen molar-refractivity contribution in [3.05, 3.63) is 18.1 Å². The van der Waals surface area contributed by atoms with E-state index in [0.717, 1.165) is 0 Å². The summed E-state index contributed by atoms with van der Waals surface area (Å²) in [4.78, 5) is 0. The van der Waals surface area contributed by atoms with Crippen molar-refractivity contribution in [1.29, 1.82) is 0 Å². The quantitative estimate of drug-likeness (QED) is 0.774. The molecule has 0 aromatic carbocycles. The average molecular weight is 228 g/mol. The Kier molecular flexibility index (Phi) is 6.26. The molecule has 2 N–H and O–H groups in total. The van der Waals surface area contributed by atoms with Crippen molar-refractivity contribution in [3.8, 4) is 0 Å². The Morgan fingerprint density at radius 1 is 1.27 bits per heavy atom. The van der Waals surface area contributed by atoms with Crippen LogP contribution in [0.5, 0.6) is 0 Å². The summed E-state index contributed by atoms with van der Waals surface area (Å²) in [5, 5.41) is 3.05. The molecule has 0 spiro atoms. The van der Waals surface area contributed by atoms with Crippen LogP contribution in [0.15, 0.2) is 12.4 Å². The number of nitrogens with one attached hydrogen (secondary N) is 2. The first-order valence-electron chi connectivity index (χ1n) is 3.96. The molecule has 0 heterocycles. The van der Waals surface area contributed by atoms with Gasteiger partial charge in [0, 0.05) is 32.7 Å². The molecule has 0 bridgehead atoms. The van der Waals surface area contributed by atoms with Crippen LogP contribution in [0.3, 0.4) is 0 Å². The molecule has 1 radical (unpaired) electrons. The zero-order valence-electron chi connectivity index (χ0n) is 6.90. The average Bonchev–Trinajstić information content (AvgIpc) is 1.88. The summed E-state index contributed by atoms with van der Waals surface area (Å²) in [5.41, 5.74) is 7.11. The summed E-state index contributed by atoms with van der Waals surface area (Å²) in [7, 11) is 0. The van der Waals surface area contributed by atoms with Crippen LogP contribution in [-0.2, 0) is 32.7 Å². The summed E-state index contributed by atoms with van der Waals surface area (Å²) in [6.07, 6.45) is 6.42. The second-order valence-corrected chi connectivity index (χ2v) is 2.96. The van der Waals surface area contributed by atoms with Gasteiger partial charge < -0.3 is 11.1 Å². The Hall–Kier alpha value is 0.444. The Labute approximate surface area is 93.9 Å². The molecular formula is C8H15N2Y-. The van der Waals surface area contributed by atoms with E-state index >= 15 is 0 Å². The van der Waals surface area contributed by atoms with Gasteiger partial charge in [-0.15, -0.1) is 6.58 Å². The molecule has 1 aliphatic rings. The summed E-state index contributed by atoms with van der Waals surface area (Å²) < 4.78 is 0. The normalized spacial score (nSPS) is 18.5. The molecule has 0 amide bonds. The predicted octanol–water partition coefficient (Wildman–Crippen LogP) is 2.43. The summed E-state index contributed by atoms with van der Waals surface area (Å²) in [6.45, 7) is 3.50. The van der Waals surface area contributed by atoms with Crippen LogP contribution < -0.4 is 5.32 Å². The monoisotopic (exact) mass is 228 g/mol. The zero-order chi connectivity index (χ0) is 7.40. The minimum atomic E-state index is 0. The van der Waals surface area contributed by atoms with Gasteiger partial charge in [0.1, 0.15) is 0 Å². The molecule has 11 heavy (non-hydrogen) atoms. The van der Waals surface area contributed by atoms with Crippen LogP contribution in [0.25, 0.3) is 5.73 Å². The van der Waals surface area contributed by atoms with E-state index in [0.29, 0.717) is 11.9 Å². The maximum atomic E-state index is 7.11. The van der Waals surface area contributed by atoms with Gasteiger partial charge in [0.05, 0.1) is 0 Å². The molecule has 1 rings (SSSR count). The number of hydrogen-bond donors (Lipinski definition) is 1. The Bertz CT molecular complexity index is 119. The molecule has 3 heteroatoms. The molecule has 1 saturated carbocycles. The summed E-state index contributed by atoms with van der Waals surface area (Å²) in [5.74, 6) is 0.368. The molecule has 0 saturated heterocycles. The molecule has 0 atom stereocenters. The molecule has 61 valence electrons. The number of rotatable bonds is 2. The molecular weight excluding hydrogens is 213 g/mol. The molecule has 0 aliphatic heterocycles. The van der Waals surface area contributed by atoms with Crippen LogP contribution in [0.2, 0.25) is 0 Å². The molecule has 0 unspecified atom stereocenters. The van der Waals surface area contributed by atoms with Crippen LogP contribution >= 0.6 is 0 Å². The third kappa shape index (κ3) is 4.81. The van der Waals surface area contributed by atoms with Crippen molar-refractivity contribution in [2.45, 2.75) is 38.1 Å². The minimum absolute atomic E-state index is 0. The van der Waals surface area contributed by atoms with Crippen molar-refractivity contribution in [1.82, 2.24) is 5.32 Å². The maximum absolute atomic E-state index is 7.11.